The van der Waals surface area contributed by atoms with Crippen LogP contribution in [-0.2, 0) is 14.3 Å². The number of carbonyl (C=O) groups excluding carboxylic acids is 1. The Labute approximate surface area is 204 Å². The van der Waals surface area contributed by atoms with Crippen LogP contribution in [0, 0.1) is 5.92 Å². The molecule has 0 radical (unpaired) electrons. The molecule has 0 saturated carbocycles. The number of aliphatic carboxylic acids is 1. The molecule has 0 amide bonds. The highest BCUT2D eigenvalue weighted by molar-refractivity contribution is 5.79. The molecule has 192 valence electrons. The molecule has 0 aliphatic carbocycles. The van der Waals surface area contributed by atoms with Crippen LogP contribution in [0.2, 0.25) is 0 Å². The second-order valence-corrected chi connectivity index (χ2v) is 9.35. The molecule has 0 saturated heterocycles. The summed E-state index contributed by atoms with van der Waals surface area (Å²) in [6.45, 7) is 5.93. The highest BCUT2D eigenvalue weighted by Gasteiger charge is 2.22. The van der Waals surface area contributed by atoms with Crippen LogP contribution in [0.25, 0.3) is 0 Å². The predicted molar refractivity (Wildman–Crippen MR) is 139 cm³/mol. The van der Waals surface area contributed by atoms with E-state index in [1.807, 2.05) is 0 Å². The number of hydrogen-bond acceptors (Lipinski definition) is 3. The number of carboxylic acids is 1. The molecular formula is C29H52O4. The lowest BCUT2D eigenvalue weighted by Crippen LogP contribution is -2.21. The van der Waals surface area contributed by atoms with Crippen molar-refractivity contribution in [1.82, 2.24) is 0 Å². The van der Waals surface area contributed by atoms with Crippen LogP contribution in [0.3, 0.4) is 0 Å². The molecule has 0 aromatic carbocycles. The fourth-order valence-corrected chi connectivity index (χ4v) is 4.12. The minimum absolute atomic E-state index is 0.143. The van der Waals surface area contributed by atoms with Gasteiger partial charge in [-0.05, 0) is 32.1 Å². The maximum absolute atomic E-state index is 11.9. The lowest BCUT2D eigenvalue weighted by Gasteiger charge is -2.13. The van der Waals surface area contributed by atoms with E-state index in [9.17, 15) is 9.59 Å². The zero-order valence-corrected chi connectivity index (χ0v) is 21.5. The van der Waals surface area contributed by atoms with Crippen molar-refractivity contribution in [3.63, 3.8) is 0 Å². The Bertz CT molecular complexity index is 498. The Balaban J connectivity index is 3.46. The van der Waals surface area contributed by atoms with Gasteiger partial charge in [-0.1, -0.05) is 122 Å². The summed E-state index contributed by atoms with van der Waals surface area (Å²) < 4.78 is 5.02. The van der Waals surface area contributed by atoms with E-state index in [2.05, 4.69) is 25.7 Å². The number of rotatable bonds is 25. The maximum atomic E-state index is 11.9. The van der Waals surface area contributed by atoms with E-state index < -0.39 is 17.9 Å². The van der Waals surface area contributed by atoms with Gasteiger partial charge in [0, 0.05) is 0 Å². The third-order valence-corrected chi connectivity index (χ3v) is 6.16. The Hall–Kier alpha value is -1.58. The van der Waals surface area contributed by atoms with Crippen molar-refractivity contribution >= 4 is 11.9 Å². The number of esters is 1. The van der Waals surface area contributed by atoms with Crippen molar-refractivity contribution in [3.8, 4) is 0 Å². The Morgan fingerprint density at radius 1 is 0.758 bits per heavy atom. The van der Waals surface area contributed by atoms with Gasteiger partial charge in [0.05, 0.1) is 12.3 Å². The molecule has 0 fully saturated rings. The topological polar surface area (TPSA) is 63.6 Å². The minimum atomic E-state index is -0.945. The summed E-state index contributed by atoms with van der Waals surface area (Å²) in [7, 11) is 0. The number of unbranched alkanes of at least 4 members (excludes halogenated alkanes) is 16. The van der Waals surface area contributed by atoms with Crippen LogP contribution in [0.4, 0.5) is 0 Å². The lowest BCUT2D eigenvalue weighted by molar-refractivity contribution is -0.152. The molecule has 1 unspecified atom stereocenters. The maximum Gasteiger partial charge on any atom is 0.309 e. The summed E-state index contributed by atoms with van der Waals surface area (Å²) in [6, 6.07) is 0. The molecule has 33 heavy (non-hydrogen) atoms. The fraction of sp³-hybridized carbons (Fsp3) is 0.793. The first-order valence-electron chi connectivity index (χ1n) is 13.8. The smallest absolute Gasteiger partial charge is 0.309 e. The molecule has 0 rings (SSSR count). The van der Waals surface area contributed by atoms with E-state index in [1.54, 1.807) is 0 Å². The molecule has 0 bridgehead atoms. The average molecular weight is 465 g/mol. The zero-order valence-electron chi connectivity index (χ0n) is 21.5. The molecule has 4 heteroatoms. The lowest BCUT2D eigenvalue weighted by atomic mass is 9.97. The second kappa shape index (κ2) is 25.1. The predicted octanol–water partition coefficient (Wildman–Crippen LogP) is 8.79. The number of allylic oxidation sites excluding steroid dienone is 2. The highest BCUT2D eigenvalue weighted by atomic mass is 16.5. The summed E-state index contributed by atoms with van der Waals surface area (Å²) >= 11 is 0. The first kappa shape index (κ1) is 31.4. The molecule has 0 spiro atoms. The first-order chi connectivity index (χ1) is 16.1. The fourth-order valence-electron chi connectivity index (χ4n) is 4.12. The van der Waals surface area contributed by atoms with Gasteiger partial charge in [-0.3, -0.25) is 9.59 Å². The van der Waals surface area contributed by atoms with Crippen molar-refractivity contribution < 1.29 is 19.4 Å². The van der Waals surface area contributed by atoms with Crippen LogP contribution < -0.4 is 0 Å². The second-order valence-electron chi connectivity index (χ2n) is 9.35. The van der Waals surface area contributed by atoms with Crippen LogP contribution in [0.15, 0.2) is 24.8 Å². The van der Waals surface area contributed by atoms with Gasteiger partial charge in [0.15, 0.2) is 0 Å². The summed E-state index contributed by atoms with van der Waals surface area (Å²) in [5.74, 6) is -1.89. The van der Waals surface area contributed by atoms with E-state index in [-0.39, 0.29) is 13.0 Å². The van der Waals surface area contributed by atoms with Gasteiger partial charge in [-0.25, -0.2) is 0 Å². The molecule has 0 heterocycles. The standard InChI is InChI=1S/C29H52O4/c1-3-5-6-7-8-9-10-11-12-13-14-15-16-17-18-19-20-21-22-23-24-27(26-28(30)31)29(32)33-25-4-2/h4,12-13,27H,2-3,5-11,14-26H2,1H3,(H,30,31)/b13-12+. The highest BCUT2D eigenvalue weighted by Crippen LogP contribution is 2.18. The zero-order chi connectivity index (χ0) is 24.4. The monoisotopic (exact) mass is 464 g/mol. The molecule has 0 aromatic heterocycles. The summed E-state index contributed by atoms with van der Waals surface area (Å²) in [6.07, 6.45) is 29.7. The number of carboxylic acid groups (broad SMARTS) is 1. The van der Waals surface area contributed by atoms with Gasteiger partial charge < -0.3 is 9.84 Å². The summed E-state index contributed by atoms with van der Waals surface area (Å²) in [4.78, 5) is 22.9. The third kappa shape index (κ3) is 23.4. The van der Waals surface area contributed by atoms with Crippen LogP contribution in [0.5, 0.6) is 0 Å². The van der Waals surface area contributed by atoms with Crippen molar-refractivity contribution in [1.29, 1.82) is 0 Å². The van der Waals surface area contributed by atoms with Crippen molar-refractivity contribution in [2.24, 2.45) is 5.92 Å². The molecular weight excluding hydrogens is 412 g/mol. The minimum Gasteiger partial charge on any atom is -0.481 e. The van der Waals surface area contributed by atoms with Crippen LogP contribution >= 0.6 is 0 Å². The van der Waals surface area contributed by atoms with E-state index in [0.717, 1.165) is 19.3 Å². The molecule has 0 aliphatic heterocycles. The van der Waals surface area contributed by atoms with E-state index >= 15 is 0 Å². The molecule has 0 aromatic rings. The third-order valence-electron chi connectivity index (χ3n) is 6.16. The SMILES string of the molecule is C=CCOC(=O)C(CCCCCCCCCCC/C=C/CCCCCCCCC)CC(=O)O. The van der Waals surface area contributed by atoms with Gasteiger partial charge in [0.25, 0.3) is 0 Å². The first-order valence-corrected chi connectivity index (χ1v) is 13.8. The van der Waals surface area contributed by atoms with E-state index in [0.29, 0.717) is 6.42 Å². The Kier molecular flexibility index (Phi) is 23.9. The van der Waals surface area contributed by atoms with Gasteiger partial charge in [0.1, 0.15) is 6.61 Å². The van der Waals surface area contributed by atoms with Crippen LogP contribution in [-0.4, -0.2) is 23.7 Å². The Morgan fingerprint density at radius 2 is 1.21 bits per heavy atom. The molecule has 1 N–H and O–H groups in total. The number of hydrogen-bond donors (Lipinski definition) is 1. The molecule has 0 aliphatic rings. The van der Waals surface area contributed by atoms with Crippen molar-refractivity contribution in [2.75, 3.05) is 6.61 Å². The summed E-state index contributed by atoms with van der Waals surface area (Å²) in [5, 5.41) is 8.99. The molecule has 4 nitrogen and oxygen atoms in total. The molecule has 1 atom stereocenters. The normalized spacial score (nSPS) is 12.2. The largest absolute Gasteiger partial charge is 0.481 e. The number of carbonyl (C=O) groups is 2. The summed E-state index contributed by atoms with van der Waals surface area (Å²) in [5.41, 5.74) is 0. The van der Waals surface area contributed by atoms with Gasteiger partial charge in [-0.15, -0.1) is 0 Å². The van der Waals surface area contributed by atoms with Gasteiger partial charge >= 0.3 is 11.9 Å². The van der Waals surface area contributed by atoms with E-state index in [1.165, 1.54) is 102 Å². The van der Waals surface area contributed by atoms with Crippen molar-refractivity contribution in [2.45, 2.75) is 135 Å². The van der Waals surface area contributed by atoms with Crippen molar-refractivity contribution in [3.05, 3.63) is 24.8 Å². The number of ether oxygens (including phenoxy) is 1. The Morgan fingerprint density at radius 3 is 1.67 bits per heavy atom. The van der Waals surface area contributed by atoms with Crippen LogP contribution in [0.1, 0.15) is 135 Å². The van der Waals surface area contributed by atoms with Gasteiger partial charge in [0.2, 0.25) is 0 Å². The quantitative estimate of drug-likeness (QED) is 0.0832. The van der Waals surface area contributed by atoms with Gasteiger partial charge in [-0.2, -0.15) is 0 Å². The average Bonchev–Trinajstić information content (AvgIpc) is 2.80. The van der Waals surface area contributed by atoms with E-state index in [4.69, 9.17) is 9.84 Å².